The maximum atomic E-state index is 12.2. The number of anilines is 1. The van der Waals surface area contributed by atoms with Crippen molar-refractivity contribution >= 4 is 34.5 Å². The molecule has 2 aromatic heterocycles. The van der Waals surface area contributed by atoms with Gasteiger partial charge in [-0.1, -0.05) is 11.6 Å². The average molecular weight is 366 g/mol. The molecule has 1 aromatic carbocycles. The van der Waals surface area contributed by atoms with Gasteiger partial charge in [-0.05, 0) is 46.1 Å². The molecule has 3 aromatic rings. The smallest absolute Gasteiger partial charge is 0.369 e. The maximum absolute atomic E-state index is 12.2. The molecule has 0 unspecified atom stereocenters. The Kier molecular flexibility index (Phi) is 4.63. The Hall–Kier alpha value is -2.65. The fourth-order valence-corrected chi connectivity index (χ4v) is 2.91. The number of halogens is 1. The van der Waals surface area contributed by atoms with E-state index in [2.05, 4.69) is 15.7 Å². The van der Waals surface area contributed by atoms with E-state index in [1.54, 1.807) is 30.3 Å². The summed E-state index contributed by atoms with van der Waals surface area (Å²) in [6.07, 6.45) is 0. The van der Waals surface area contributed by atoms with E-state index >= 15 is 0 Å². The van der Waals surface area contributed by atoms with E-state index in [9.17, 15) is 9.59 Å². The first-order valence-corrected chi connectivity index (χ1v) is 8.04. The third kappa shape index (κ3) is 3.31. The van der Waals surface area contributed by atoms with Gasteiger partial charge in [-0.25, -0.2) is 4.79 Å². The molecule has 0 atom stereocenters. The molecule has 24 heavy (non-hydrogen) atoms. The minimum Gasteiger partial charge on any atom is -0.495 e. The highest BCUT2D eigenvalue weighted by Crippen LogP contribution is 2.27. The second-order valence-electron chi connectivity index (χ2n) is 4.68. The van der Waals surface area contributed by atoms with Crippen molar-refractivity contribution in [2.45, 2.75) is 6.54 Å². The molecule has 0 spiro atoms. The van der Waals surface area contributed by atoms with Gasteiger partial charge in [0, 0.05) is 5.69 Å². The summed E-state index contributed by atoms with van der Waals surface area (Å²) in [5.41, 5.74) is 0.00450. The molecule has 0 fully saturated rings. The van der Waals surface area contributed by atoms with Crippen LogP contribution in [0.5, 0.6) is 5.75 Å². The van der Waals surface area contributed by atoms with Gasteiger partial charge in [-0.2, -0.15) is 9.36 Å². The van der Waals surface area contributed by atoms with Crippen molar-refractivity contribution in [1.82, 2.24) is 19.8 Å². The number of nitrogens with zero attached hydrogens (tertiary/aromatic N) is 4. The quantitative estimate of drug-likeness (QED) is 0.744. The summed E-state index contributed by atoms with van der Waals surface area (Å²) in [6.45, 7) is -0.256. The molecule has 124 valence electrons. The Bertz CT molecular complexity index is 919. The van der Waals surface area contributed by atoms with Gasteiger partial charge < -0.3 is 10.1 Å². The first-order chi connectivity index (χ1) is 11.6. The number of hydrogen-bond donors (Lipinski definition) is 1. The van der Waals surface area contributed by atoms with Crippen LogP contribution in [0.1, 0.15) is 0 Å². The molecule has 0 saturated carbocycles. The second kappa shape index (κ2) is 6.85. The van der Waals surface area contributed by atoms with Gasteiger partial charge in [0.25, 0.3) is 0 Å². The van der Waals surface area contributed by atoms with Crippen molar-refractivity contribution < 1.29 is 9.53 Å². The molecule has 1 amide bonds. The Balaban J connectivity index is 1.72. The first kappa shape index (κ1) is 16.2. The predicted molar refractivity (Wildman–Crippen MR) is 90.1 cm³/mol. The largest absolute Gasteiger partial charge is 0.495 e. The minimum atomic E-state index is -0.486. The van der Waals surface area contributed by atoms with E-state index in [0.29, 0.717) is 21.5 Å². The van der Waals surface area contributed by atoms with Crippen molar-refractivity contribution in [3.63, 3.8) is 0 Å². The van der Waals surface area contributed by atoms with Crippen molar-refractivity contribution in [3.05, 3.63) is 51.2 Å². The number of nitrogens with one attached hydrogen (secondary N) is 1. The van der Waals surface area contributed by atoms with Crippen LogP contribution in [0.25, 0.3) is 5.00 Å². The monoisotopic (exact) mass is 365 g/mol. The summed E-state index contributed by atoms with van der Waals surface area (Å²) in [6, 6.07) is 8.38. The molecular weight excluding hydrogens is 354 g/mol. The Labute approximate surface area is 145 Å². The summed E-state index contributed by atoms with van der Waals surface area (Å²) in [5, 5.41) is 12.9. The van der Waals surface area contributed by atoms with Crippen LogP contribution in [-0.2, 0) is 11.3 Å². The first-order valence-electron chi connectivity index (χ1n) is 6.78. The van der Waals surface area contributed by atoms with E-state index in [-0.39, 0.29) is 6.54 Å². The van der Waals surface area contributed by atoms with Crippen LogP contribution in [-0.4, -0.2) is 32.8 Å². The number of tetrazole rings is 1. The highest BCUT2D eigenvalue weighted by molar-refractivity contribution is 7.12. The van der Waals surface area contributed by atoms with Crippen LogP contribution in [0.3, 0.4) is 0 Å². The number of thiophene rings is 1. The van der Waals surface area contributed by atoms with Crippen LogP contribution in [0, 0.1) is 0 Å². The molecule has 0 saturated heterocycles. The lowest BCUT2D eigenvalue weighted by Crippen LogP contribution is -2.29. The van der Waals surface area contributed by atoms with Gasteiger partial charge >= 0.3 is 5.69 Å². The van der Waals surface area contributed by atoms with E-state index in [1.807, 2.05) is 5.38 Å². The predicted octanol–water partition coefficient (Wildman–Crippen LogP) is 1.79. The molecule has 10 heteroatoms. The molecule has 0 radical (unpaired) electrons. The molecule has 3 rings (SSSR count). The molecular formula is C14H12ClN5O3S. The minimum absolute atomic E-state index is 0.256. The highest BCUT2D eigenvalue weighted by atomic mass is 35.5. The standard InChI is InChI=1S/C14H12ClN5O3S/c1-23-11-5-4-9(7-10(11)15)16-12(21)8-19-14(22)20(18-17-19)13-3-2-6-24-13/h2-7H,8H2,1H3,(H,16,21). The van der Waals surface area contributed by atoms with E-state index in [4.69, 9.17) is 16.3 Å². The van der Waals surface area contributed by atoms with Gasteiger partial charge in [0.1, 0.15) is 17.3 Å². The van der Waals surface area contributed by atoms with Crippen LogP contribution in [0.15, 0.2) is 40.5 Å². The molecule has 1 N–H and O–H groups in total. The number of benzene rings is 1. The number of rotatable bonds is 5. The number of hydrogen-bond acceptors (Lipinski definition) is 6. The van der Waals surface area contributed by atoms with Crippen LogP contribution in [0.4, 0.5) is 5.69 Å². The van der Waals surface area contributed by atoms with Crippen LogP contribution < -0.4 is 15.7 Å². The lowest BCUT2D eigenvalue weighted by molar-refractivity contribution is -0.117. The second-order valence-corrected chi connectivity index (χ2v) is 6.01. The number of carbonyl (C=O) groups is 1. The molecule has 0 aliphatic carbocycles. The van der Waals surface area contributed by atoms with Gasteiger partial charge in [0.2, 0.25) is 5.91 Å². The third-order valence-electron chi connectivity index (χ3n) is 3.08. The third-order valence-corrected chi connectivity index (χ3v) is 4.22. The average Bonchev–Trinajstić information content (AvgIpc) is 3.18. The molecule has 8 nitrogen and oxygen atoms in total. The van der Waals surface area contributed by atoms with E-state index in [1.165, 1.54) is 18.4 Å². The number of amides is 1. The molecule has 0 aliphatic rings. The lowest BCUT2D eigenvalue weighted by atomic mass is 10.3. The fourth-order valence-electron chi connectivity index (χ4n) is 1.98. The number of methoxy groups -OCH3 is 1. The highest BCUT2D eigenvalue weighted by Gasteiger charge is 2.13. The summed E-state index contributed by atoms with van der Waals surface area (Å²) in [7, 11) is 1.50. The van der Waals surface area contributed by atoms with Crippen LogP contribution in [0.2, 0.25) is 5.02 Å². The SMILES string of the molecule is COc1ccc(NC(=O)Cn2nnn(-c3cccs3)c2=O)cc1Cl. The fraction of sp³-hybridized carbons (Fsp3) is 0.143. The van der Waals surface area contributed by atoms with E-state index in [0.717, 1.165) is 9.36 Å². The summed E-state index contributed by atoms with van der Waals surface area (Å²) in [5.74, 6) is 0.0846. The van der Waals surface area contributed by atoms with Gasteiger partial charge in [0.05, 0.1) is 12.1 Å². The Morgan fingerprint density at radius 3 is 2.88 bits per heavy atom. The lowest BCUT2D eigenvalue weighted by Gasteiger charge is -2.07. The Morgan fingerprint density at radius 1 is 1.38 bits per heavy atom. The molecule has 0 aliphatic heterocycles. The van der Waals surface area contributed by atoms with E-state index < -0.39 is 11.6 Å². The summed E-state index contributed by atoms with van der Waals surface area (Å²) in [4.78, 5) is 24.3. The zero-order valence-corrected chi connectivity index (χ0v) is 14.0. The Morgan fingerprint density at radius 2 is 2.21 bits per heavy atom. The van der Waals surface area contributed by atoms with Crippen molar-refractivity contribution in [2.24, 2.45) is 0 Å². The normalized spacial score (nSPS) is 10.6. The number of ether oxygens (including phenoxy) is 1. The summed E-state index contributed by atoms with van der Waals surface area (Å²) >= 11 is 7.35. The summed E-state index contributed by atoms with van der Waals surface area (Å²) < 4.78 is 7.17. The number of carbonyl (C=O) groups excluding carboxylic acids is 1. The molecule has 2 heterocycles. The van der Waals surface area contributed by atoms with Crippen molar-refractivity contribution in [2.75, 3.05) is 12.4 Å². The van der Waals surface area contributed by atoms with Crippen molar-refractivity contribution in [3.8, 4) is 10.8 Å². The number of aromatic nitrogens is 4. The topological polar surface area (TPSA) is 91.0 Å². The van der Waals surface area contributed by atoms with Crippen LogP contribution >= 0.6 is 22.9 Å². The maximum Gasteiger partial charge on any atom is 0.369 e. The zero-order valence-electron chi connectivity index (χ0n) is 12.5. The van der Waals surface area contributed by atoms with Gasteiger partial charge in [0.15, 0.2) is 0 Å². The van der Waals surface area contributed by atoms with Crippen molar-refractivity contribution in [1.29, 1.82) is 0 Å². The zero-order chi connectivity index (χ0) is 17.1. The van der Waals surface area contributed by atoms with Gasteiger partial charge in [-0.15, -0.1) is 11.3 Å². The van der Waals surface area contributed by atoms with Gasteiger partial charge in [-0.3, -0.25) is 4.79 Å². The molecule has 0 bridgehead atoms.